The van der Waals surface area contributed by atoms with Crippen molar-refractivity contribution in [2.45, 2.75) is 129 Å². The number of hydrogen-bond donors (Lipinski definition) is 2. The van der Waals surface area contributed by atoms with Crippen LogP contribution in [-0.4, -0.2) is 40.8 Å². The van der Waals surface area contributed by atoms with E-state index in [2.05, 4.69) is 113 Å². The first-order valence-corrected chi connectivity index (χ1v) is 23.7. The molecule has 0 radical (unpaired) electrons. The lowest BCUT2D eigenvalue weighted by atomic mass is 9.62. The second-order valence-corrected chi connectivity index (χ2v) is 29.3. The fraction of sp³-hybridized carbons (Fsp3) is 0.800. The average molecular weight is 565 g/mol. The summed E-state index contributed by atoms with van der Waals surface area (Å²) in [5.41, 5.74) is 3.56. The summed E-state index contributed by atoms with van der Waals surface area (Å²) in [7, 11) is 0.259. The van der Waals surface area contributed by atoms with Crippen LogP contribution in [0.1, 0.15) is 78.4 Å². The van der Waals surface area contributed by atoms with Gasteiger partial charge in [-0.15, -0.1) is 9.24 Å². The third kappa shape index (κ3) is 6.26. The molecule has 0 aliphatic carbocycles. The lowest BCUT2D eigenvalue weighted by molar-refractivity contribution is 0.139. The van der Waals surface area contributed by atoms with Crippen LogP contribution in [0.2, 0.25) is 39.3 Å². The van der Waals surface area contributed by atoms with Gasteiger partial charge in [0.1, 0.15) is 0 Å². The van der Waals surface area contributed by atoms with Crippen LogP contribution in [0.5, 0.6) is 0 Å². The van der Waals surface area contributed by atoms with Gasteiger partial charge in [0.15, 0.2) is 0 Å². The molecule has 2 fully saturated rings. The molecular weight excluding hydrogens is 506 g/mol. The van der Waals surface area contributed by atoms with E-state index < -0.39 is 16.1 Å². The highest BCUT2D eigenvalue weighted by Crippen LogP contribution is 2.60. The van der Waals surface area contributed by atoms with E-state index in [1.54, 1.807) is 21.5 Å². The third-order valence-electron chi connectivity index (χ3n) is 8.87. The molecule has 206 valence electrons. The molecule has 2 saturated heterocycles. The van der Waals surface area contributed by atoms with Crippen LogP contribution >= 0.6 is 17.2 Å². The van der Waals surface area contributed by atoms with Crippen molar-refractivity contribution in [2.75, 3.05) is 13.1 Å². The summed E-state index contributed by atoms with van der Waals surface area (Å²) in [6.07, 6.45) is 6.66. The van der Waals surface area contributed by atoms with Gasteiger partial charge in [0.05, 0.1) is 16.1 Å². The van der Waals surface area contributed by atoms with Crippen LogP contribution in [0.15, 0.2) is 12.1 Å². The lowest BCUT2D eigenvalue weighted by Crippen LogP contribution is -2.57. The minimum Gasteiger partial charge on any atom is -0.310 e. The smallest absolute Gasteiger partial charge is 0.0774 e. The lowest BCUT2D eigenvalue weighted by Gasteiger charge is -2.53. The molecule has 3 rings (SSSR count). The van der Waals surface area contributed by atoms with Gasteiger partial charge in [0, 0.05) is 16.7 Å². The van der Waals surface area contributed by atoms with Gasteiger partial charge in [-0.3, -0.25) is 0 Å². The Morgan fingerprint density at radius 1 is 0.778 bits per heavy atom. The summed E-state index contributed by atoms with van der Waals surface area (Å²) in [5.74, 6) is 1.41. The number of nitrogens with one attached hydrogen (secondary N) is 2. The average Bonchev–Trinajstić information content (AvgIpc) is 3.42. The zero-order valence-electron chi connectivity index (χ0n) is 25.8. The van der Waals surface area contributed by atoms with E-state index in [4.69, 9.17) is 0 Å². The minimum atomic E-state index is -1.52. The molecule has 3 unspecified atom stereocenters. The first-order valence-electron chi connectivity index (χ1n) is 14.5. The van der Waals surface area contributed by atoms with E-state index in [0.717, 1.165) is 0 Å². The Bertz CT molecular complexity index is 877. The Balaban J connectivity index is 2.32. The van der Waals surface area contributed by atoms with Gasteiger partial charge in [0.25, 0.3) is 0 Å². The molecule has 2 aliphatic heterocycles. The molecule has 0 amide bonds. The summed E-state index contributed by atoms with van der Waals surface area (Å²) in [4.78, 5) is 0. The molecule has 0 aromatic heterocycles. The number of rotatable bonds is 7. The molecule has 2 aliphatic rings. The van der Waals surface area contributed by atoms with Crippen molar-refractivity contribution < 1.29 is 0 Å². The molecule has 1 aromatic carbocycles. The zero-order valence-corrected chi connectivity index (χ0v) is 29.8. The Morgan fingerprint density at radius 2 is 1.19 bits per heavy atom. The zero-order chi connectivity index (χ0) is 27.3. The van der Waals surface area contributed by atoms with Gasteiger partial charge in [-0.05, 0) is 66.9 Å². The quantitative estimate of drug-likeness (QED) is 0.267. The minimum absolute atomic E-state index is 0.00504. The molecule has 2 nitrogen and oxygen atoms in total. The summed E-state index contributed by atoms with van der Waals surface area (Å²) < 4.78 is 0. The fourth-order valence-corrected chi connectivity index (χ4v) is 15.6. The molecule has 0 bridgehead atoms. The Labute approximate surface area is 230 Å². The van der Waals surface area contributed by atoms with Crippen molar-refractivity contribution >= 4 is 43.7 Å². The van der Waals surface area contributed by atoms with E-state index in [1.165, 1.54) is 44.9 Å². The van der Waals surface area contributed by atoms with Crippen LogP contribution in [-0.2, 0) is 11.3 Å². The highest BCUT2D eigenvalue weighted by Gasteiger charge is 2.50. The van der Waals surface area contributed by atoms with E-state index >= 15 is 0 Å². The van der Waals surface area contributed by atoms with Crippen molar-refractivity contribution in [1.29, 1.82) is 0 Å². The van der Waals surface area contributed by atoms with Crippen LogP contribution in [0, 0.1) is 10.8 Å². The van der Waals surface area contributed by atoms with Gasteiger partial charge in [-0.2, -0.15) is 0 Å². The standard InChI is InChI=1S/C30H58N2P2Si2/c1-28(2,3)30(33,29(4,5)6)23-20-25(36(10,11)12)24(35(7,8)9)19-22(23)21-34(26-15-13-17-31-26)27-16-14-18-32-27/h19-20,26-27,31-32H,13-18,21,33H2,1-12H3. The molecule has 3 atom stereocenters. The predicted molar refractivity (Wildman–Crippen MR) is 175 cm³/mol. The molecule has 36 heavy (non-hydrogen) atoms. The maximum absolute atomic E-state index is 3.95. The summed E-state index contributed by atoms with van der Waals surface area (Å²) in [6, 6.07) is 5.53. The monoisotopic (exact) mass is 564 g/mol. The Kier molecular flexibility index (Phi) is 9.27. The molecule has 1 aromatic rings. The first-order chi connectivity index (χ1) is 16.3. The third-order valence-corrected chi connectivity index (χ3v) is 18.4. The van der Waals surface area contributed by atoms with Gasteiger partial charge >= 0.3 is 0 Å². The highest BCUT2D eigenvalue weighted by atomic mass is 31.1. The second kappa shape index (κ2) is 10.8. The topological polar surface area (TPSA) is 24.1 Å². The van der Waals surface area contributed by atoms with Crippen molar-refractivity contribution in [3.05, 3.63) is 23.3 Å². The van der Waals surface area contributed by atoms with Crippen molar-refractivity contribution in [3.63, 3.8) is 0 Å². The highest BCUT2D eigenvalue weighted by molar-refractivity contribution is 7.58. The van der Waals surface area contributed by atoms with Crippen molar-refractivity contribution in [3.8, 4) is 0 Å². The normalized spacial score (nSPS) is 23.4. The van der Waals surface area contributed by atoms with Crippen molar-refractivity contribution in [1.82, 2.24) is 10.6 Å². The van der Waals surface area contributed by atoms with Crippen molar-refractivity contribution in [2.24, 2.45) is 10.8 Å². The van der Waals surface area contributed by atoms with Gasteiger partial charge in [-0.25, -0.2) is 0 Å². The van der Waals surface area contributed by atoms with E-state index in [1.807, 2.05) is 0 Å². The number of benzene rings is 1. The summed E-state index contributed by atoms with van der Waals surface area (Å²) >= 11 is 0. The van der Waals surface area contributed by atoms with Gasteiger partial charge in [0.2, 0.25) is 0 Å². The SMILES string of the molecule is CC(C)(C)C(P)(c1cc([Si](C)(C)C)c([Si](C)(C)C)cc1CP(C1CCCN1)C1CCCN1)C(C)(C)C. The summed E-state index contributed by atoms with van der Waals surface area (Å²) in [5, 5.41) is 11.4. The number of hydrogen-bond acceptors (Lipinski definition) is 2. The predicted octanol–water partition coefficient (Wildman–Crippen LogP) is 7.34. The van der Waals surface area contributed by atoms with Crippen LogP contribution in [0.25, 0.3) is 0 Å². The first kappa shape index (κ1) is 31.0. The molecule has 6 heteroatoms. The summed E-state index contributed by atoms with van der Waals surface area (Å²) in [6.45, 7) is 32.6. The maximum atomic E-state index is 3.95. The van der Waals surface area contributed by atoms with E-state index in [9.17, 15) is 0 Å². The Hall–Kier alpha value is 0.434. The molecule has 2 heterocycles. The van der Waals surface area contributed by atoms with Crippen LogP contribution in [0.3, 0.4) is 0 Å². The fourth-order valence-electron chi connectivity index (χ4n) is 6.85. The van der Waals surface area contributed by atoms with Crippen LogP contribution in [0.4, 0.5) is 0 Å². The van der Waals surface area contributed by atoms with Crippen LogP contribution < -0.4 is 21.0 Å². The maximum Gasteiger partial charge on any atom is 0.0774 e. The molecule has 0 spiro atoms. The molecular formula is C30H58N2P2Si2. The molecule has 2 N–H and O–H groups in total. The van der Waals surface area contributed by atoms with Gasteiger partial charge in [-0.1, -0.05) is 111 Å². The van der Waals surface area contributed by atoms with E-state index in [-0.39, 0.29) is 23.9 Å². The molecule has 0 saturated carbocycles. The Morgan fingerprint density at radius 3 is 1.53 bits per heavy atom. The van der Waals surface area contributed by atoms with E-state index in [0.29, 0.717) is 11.6 Å². The second-order valence-electron chi connectivity index (χ2n) is 15.8. The van der Waals surface area contributed by atoms with Gasteiger partial charge < -0.3 is 10.6 Å². The largest absolute Gasteiger partial charge is 0.310 e.